The van der Waals surface area contributed by atoms with Gasteiger partial charge >= 0.3 is 5.97 Å². The first-order valence-electron chi connectivity index (χ1n) is 5.99. The van der Waals surface area contributed by atoms with Gasteiger partial charge in [-0.3, -0.25) is 4.79 Å². The fourth-order valence-corrected chi connectivity index (χ4v) is 5.25. The van der Waals surface area contributed by atoms with E-state index in [0.29, 0.717) is 34.6 Å². The van der Waals surface area contributed by atoms with Crippen molar-refractivity contribution in [2.75, 3.05) is 0 Å². The maximum atomic E-state index is 12.4. The molecule has 1 saturated carbocycles. The number of halogens is 2. The van der Waals surface area contributed by atoms with Crippen LogP contribution in [-0.2, 0) is 14.8 Å². The number of sulfonamides is 1. The van der Waals surface area contributed by atoms with Gasteiger partial charge in [-0.1, -0.05) is 28.8 Å². The van der Waals surface area contributed by atoms with Crippen LogP contribution in [-0.4, -0.2) is 25.0 Å². The highest BCUT2D eigenvalue weighted by molar-refractivity contribution is 9.11. The molecule has 1 aliphatic carbocycles. The smallest absolute Gasteiger partial charge is 0.324 e. The van der Waals surface area contributed by atoms with Crippen LogP contribution in [0.5, 0.6) is 0 Å². The van der Waals surface area contributed by atoms with Crippen molar-refractivity contribution in [2.24, 2.45) is 0 Å². The molecule has 5 nitrogen and oxygen atoms in total. The first kappa shape index (κ1) is 15.9. The summed E-state index contributed by atoms with van der Waals surface area (Å²) < 4.78 is 28.3. The van der Waals surface area contributed by atoms with Crippen molar-refractivity contribution in [2.45, 2.75) is 36.1 Å². The summed E-state index contributed by atoms with van der Waals surface area (Å²) in [6.45, 7) is 0. The molecule has 0 atom stereocenters. The van der Waals surface area contributed by atoms with Gasteiger partial charge in [-0.05, 0) is 47.0 Å². The lowest BCUT2D eigenvalue weighted by atomic mass is 10.0. The summed E-state index contributed by atoms with van der Waals surface area (Å²) in [6, 6.07) is 4.74. The fraction of sp³-hybridized carbons (Fsp3) is 0.417. The minimum absolute atomic E-state index is 0.0272. The first-order valence-corrected chi connectivity index (χ1v) is 9.06. The molecule has 1 aromatic carbocycles. The van der Waals surface area contributed by atoms with Crippen molar-refractivity contribution in [3.8, 4) is 0 Å². The van der Waals surface area contributed by atoms with Crippen molar-refractivity contribution in [3.05, 3.63) is 27.1 Å². The molecule has 0 saturated heterocycles. The number of aliphatic carboxylic acids is 1. The minimum Gasteiger partial charge on any atom is -0.480 e. The van der Waals surface area contributed by atoms with Gasteiger partial charge in [0.25, 0.3) is 0 Å². The molecule has 0 unspecified atom stereocenters. The molecule has 20 heavy (non-hydrogen) atoms. The predicted molar refractivity (Wildman–Crippen MR) is 81.0 cm³/mol. The van der Waals surface area contributed by atoms with Crippen LogP contribution in [0.4, 0.5) is 0 Å². The Balaban J connectivity index is 2.40. The second-order valence-corrected chi connectivity index (χ2v) is 8.20. The quantitative estimate of drug-likeness (QED) is 0.775. The summed E-state index contributed by atoms with van der Waals surface area (Å²) in [4.78, 5) is 11.5. The molecule has 1 fully saturated rings. The van der Waals surface area contributed by atoms with Crippen LogP contribution >= 0.6 is 31.9 Å². The molecule has 8 heteroatoms. The molecule has 0 heterocycles. The number of rotatable bonds is 4. The van der Waals surface area contributed by atoms with Crippen molar-refractivity contribution in [1.29, 1.82) is 0 Å². The van der Waals surface area contributed by atoms with Gasteiger partial charge in [-0.2, -0.15) is 4.72 Å². The molecule has 110 valence electrons. The fourth-order valence-electron chi connectivity index (χ4n) is 2.33. The second kappa shape index (κ2) is 5.75. The molecule has 0 spiro atoms. The lowest BCUT2D eigenvalue weighted by Gasteiger charge is -2.25. The molecule has 1 aromatic rings. The molecule has 0 bridgehead atoms. The van der Waals surface area contributed by atoms with E-state index in [9.17, 15) is 18.3 Å². The van der Waals surface area contributed by atoms with Gasteiger partial charge in [0.05, 0.1) is 4.90 Å². The van der Waals surface area contributed by atoms with E-state index >= 15 is 0 Å². The largest absolute Gasteiger partial charge is 0.480 e. The van der Waals surface area contributed by atoms with Crippen molar-refractivity contribution in [1.82, 2.24) is 4.72 Å². The van der Waals surface area contributed by atoms with E-state index in [4.69, 9.17) is 0 Å². The van der Waals surface area contributed by atoms with Crippen LogP contribution in [0.2, 0.25) is 0 Å². The maximum absolute atomic E-state index is 12.4. The summed E-state index contributed by atoms with van der Waals surface area (Å²) in [5, 5.41) is 9.35. The lowest BCUT2D eigenvalue weighted by Crippen LogP contribution is -2.52. The topological polar surface area (TPSA) is 83.5 Å². The zero-order valence-electron chi connectivity index (χ0n) is 10.4. The Morgan fingerprint density at radius 3 is 2.40 bits per heavy atom. The molecule has 0 aliphatic heterocycles. The molecule has 2 N–H and O–H groups in total. The number of benzene rings is 1. The number of nitrogens with one attached hydrogen (secondary N) is 1. The molecular formula is C12H13Br2NO4S. The van der Waals surface area contributed by atoms with E-state index in [1.807, 2.05) is 0 Å². The van der Waals surface area contributed by atoms with Crippen LogP contribution in [0, 0.1) is 0 Å². The number of hydrogen-bond acceptors (Lipinski definition) is 3. The number of carboxylic acid groups (broad SMARTS) is 1. The average Bonchev–Trinajstić information content (AvgIpc) is 2.81. The van der Waals surface area contributed by atoms with E-state index in [2.05, 4.69) is 36.6 Å². The zero-order chi connectivity index (χ0) is 15.0. The third-order valence-electron chi connectivity index (χ3n) is 3.38. The van der Waals surface area contributed by atoms with Crippen LogP contribution in [0.25, 0.3) is 0 Å². The lowest BCUT2D eigenvalue weighted by molar-refractivity contribution is -0.143. The summed E-state index contributed by atoms with van der Waals surface area (Å²) in [6.07, 6.45) is 2.03. The number of hydrogen-bond donors (Lipinski definition) is 2. The Labute approximate surface area is 134 Å². The van der Waals surface area contributed by atoms with Gasteiger partial charge in [0.2, 0.25) is 10.0 Å². The molecule has 1 aliphatic rings. The van der Waals surface area contributed by atoms with Gasteiger partial charge in [-0.15, -0.1) is 0 Å². The Morgan fingerprint density at radius 1 is 1.25 bits per heavy atom. The Hall–Kier alpha value is -0.440. The van der Waals surface area contributed by atoms with E-state index in [0.717, 1.165) is 0 Å². The maximum Gasteiger partial charge on any atom is 0.324 e. The van der Waals surface area contributed by atoms with E-state index in [1.54, 1.807) is 12.1 Å². The summed E-state index contributed by atoms with van der Waals surface area (Å²) >= 11 is 6.40. The highest BCUT2D eigenvalue weighted by Crippen LogP contribution is 2.33. The van der Waals surface area contributed by atoms with Crippen LogP contribution in [0.1, 0.15) is 25.7 Å². The minimum atomic E-state index is -3.91. The highest BCUT2D eigenvalue weighted by atomic mass is 79.9. The molecule has 2 rings (SSSR count). The zero-order valence-corrected chi connectivity index (χ0v) is 14.4. The highest BCUT2D eigenvalue weighted by Gasteiger charge is 2.45. The average molecular weight is 427 g/mol. The molecule has 0 aromatic heterocycles. The molecule has 0 amide bonds. The summed E-state index contributed by atoms with van der Waals surface area (Å²) in [5.41, 5.74) is -1.39. The van der Waals surface area contributed by atoms with Gasteiger partial charge in [0, 0.05) is 8.95 Å². The first-order chi connectivity index (χ1) is 9.27. The Morgan fingerprint density at radius 2 is 1.85 bits per heavy atom. The second-order valence-electron chi connectivity index (χ2n) is 4.77. The third kappa shape index (κ3) is 3.08. The Kier molecular flexibility index (Phi) is 4.58. The molecule has 0 radical (unpaired) electrons. The van der Waals surface area contributed by atoms with Gasteiger partial charge in [0.15, 0.2) is 0 Å². The third-order valence-corrected chi connectivity index (χ3v) is 6.40. The Bertz CT molecular complexity index is 639. The number of carboxylic acids is 1. The van der Waals surface area contributed by atoms with E-state index in [-0.39, 0.29) is 4.90 Å². The van der Waals surface area contributed by atoms with Gasteiger partial charge in [0.1, 0.15) is 5.54 Å². The SMILES string of the molecule is O=C(O)C1(NS(=O)(=O)c2cc(Br)ccc2Br)CCCC1. The number of carbonyl (C=O) groups is 1. The van der Waals surface area contributed by atoms with Crippen molar-refractivity contribution < 1.29 is 18.3 Å². The van der Waals surface area contributed by atoms with Crippen LogP contribution < -0.4 is 4.72 Å². The predicted octanol–water partition coefficient (Wildman–Crippen LogP) is 2.89. The normalized spacial score (nSPS) is 18.1. The van der Waals surface area contributed by atoms with Gasteiger partial charge < -0.3 is 5.11 Å². The van der Waals surface area contributed by atoms with E-state index in [1.165, 1.54) is 6.07 Å². The van der Waals surface area contributed by atoms with Crippen LogP contribution in [0.15, 0.2) is 32.0 Å². The van der Waals surface area contributed by atoms with Crippen molar-refractivity contribution >= 4 is 47.9 Å². The standard InChI is InChI=1S/C12H13Br2NO4S/c13-8-3-4-9(14)10(7-8)20(18,19)15-12(11(16)17)5-1-2-6-12/h3-4,7,15H,1-2,5-6H2,(H,16,17). The summed E-state index contributed by atoms with van der Waals surface area (Å²) in [5.74, 6) is -1.12. The molecular weight excluding hydrogens is 414 g/mol. The van der Waals surface area contributed by atoms with E-state index < -0.39 is 21.5 Å². The van der Waals surface area contributed by atoms with Crippen LogP contribution in [0.3, 0.4) is 0 Å². The van der Waals surface area contributed by atoms with Gasteiger partial charge in [-0.25, -0.2) is 8.42 Å². The summed E-state index contributed by atoms with van der Waals surface area (Å²) in [7, 11) is -3.91. The van der Waals surface area contributed by atoms with Crippen molar-refractivity contribution in [3.63, 3.8) is 0 Å². The monoisotopic (exact) mass is 425 g/mol.